The maximum atomic E-state index is 13.5. The van der Waals surface area contributed by atoms with Gasteiger partial charge in [-0.2, -0.15) is 5.26 Å². The number of rotatable bonds is 5. The van der Waals surface area contributed by atoms with Crippen molar-refractivity contribution < 1.29 is 24.2 Å². The zero-order chi connectivity index (χ0) is 22.8. The largest absolute Gasteiger partial charge is 0.505 e. The molecule has 158 valence electrons. The Morgan fingerprint density at radius 2 is 1.81 bits per heavy atom. The maximum absolute atomic E-state index is 13.5. The van der Waals surface area contributed by atoms with Gasteiger partial charge in [0, 0.05) is 11.3 Å². The molecule has 2 aromatic heterocycles. The smallest absolute Gasteiger partial charge is 0.322 e. The fourth-order valence-electron chi connectivity index (χ4n) is 3.50. The molecule has 0 bridgehead atoms. The Balaban J connectivity index is 2.04. The van der Waals surface area contributed by atoms with Crippen molar-refractivity contribution in [3.8, 4) is 28.8 Å². The number of aromatic hydroxyl groups is 1. The van der Waals surface area contributed by atoms with Gasteiger partial charge in [-0.05, 0) is 36.4 Å². The summed E-state index contributed by atoms with van der Waals surface area (Å²) in [5.74, 6) is -3.16. The van der Waals surface area contributed by atoms with E-state index in [9.17, 15) is 24.3 Å². The van der Waals surface area contributed by atoms with Gasteiger partial charge < -0.3 is 20.1 Å². The number of hydrogen-bond donors (Lipinski definition) is 3. The van der Waals surface area contributed by atoms with Crippen LogP contribution in [-0.2, 0) is 4.79 Å². The van der Waals surface area contributed by atoms with E-state index < -0.39 is 35.7 Å². The van der Waals surface area contributed by atoms with E-state index in [1.807, 2.05) is 6.07 Å². The van der Waals surface area contributed by atoms with Gasteiger partial charge in [0.25, 0.3) is 5.91 Å². The monoisotopic (exact) mass is 430 g/mol. The summed E-state index contributed by atoms with van der Waals surface area (Å²) in [7, 11) is 0. The first kappa shape index (κ1) is 20.6. The number of nitriles is 1. The average molecular weight is 430 g/mol. The predicted molar refractivity (Wildman–Crippen MR) is 113 cm³/mol. The molecule has 0 aliphatic carbocycles. The number of nitrogens with zero attached hydrogens (tertiary/aromatic N) is 3. The molecule has 0 radical (unpaired) electrons. The molecule has 4 rings (SSSR count). The number of halogens is 1. The van der Waals surface area contributed by atoms with Crippen LogP contribution in [0.3, 0.4) is 0 Å². The van der Waals surface area contributed by atoms with Crippen molar-refractivity contribution in [3.63, 3.8) is 0 Å². The molecule has 2 heterocycles. The van der Waals surface area contributed by atoms with Crippen LogP contribution in [0.25, 0.3) is 27.8 Å². The Kier molecular flexibility index (Phi) is 5.27. The van der Waals surface area contributed by atoms with Crippen LogP contribution in [0, 0.1) is 17.1 Å². The molecule has 4 aromatic rings. The Morgan fingerprint density at radius 1 is 1.12 bits per heavy atom. The van der Waals surface area contributed by atoms with Crippen LogP contribution in [0.2, 0.25) is 0 Å². The number of carbonyl (C=O) groups is 2. The quantitative estimate of drug-likeness (QED) is 0.446. The van der Waals surface area contributed by atoms with Gasteiger partial charge in [-0.3, -0.25) is 9.59 Å². The SMILES string of the molecule is N#Cc1c(-c2ccc(F)cc2)n(-c2ccccc2)c2cnc(C(=O)NCC(=O)O)c(O)c12. The highest BCUT2D eigenvalue weighted by atomic mass is 19.1. The maximum Gasteiger partial charge on any atom is 0.322 e. The lowest BCUT2D eigenvalue weighted by atomic mass is 10.1. The highest BCUT2D eigenvalue weighted by Crippen LogP contribution is 2.40. The van der Waals surface area contributed by atoms with Crippen molar-refractivity contribution in [2.75, 3.05) is 6.54 Å². The number of carboxylic acid groups (broad SMARTS) is 1. The third-order valence-electron chi connectivity index (χ3n) is 4.84. The van der Waals surface area contributed by atoms with Gasteiger partial charge in [-0.15, -0.1) is 0 Å². The van der Waals surface area contributed by atoms with E-state index in [4.69, 9.17) is 5.11 Å². The van der Waals surface area contributed by atoms with Crippen LogP contribution in [0.5, 0.6) is 5.75 Å². The van der Waals surface area contributed by atoms with Gasteiger partial charge in [-0.1, -0.05) is 18.2 Å². The lowest BCUT2D eigenvalue weighted by Gasteiger charge is -2.11. The van der Waals surface area contributed by atoms with Gasteiger partial charge in [0.15, 0.2) is 11.4 Å². The summed E-state index contributed by atoms with van der Waals surface area (Å²) in [5.41, 5.74) is 1.55. The topological polar surface area (TPSA) is 128 Å². The molecule has 2 aromatic carbocycles. The second kappa shape index (κ2) is 8.20. The summed E-state index contributed by atoms with van der Waals surface area (Å²) in [6, 6.07) is 16.6. The fourth-order valence-corrected chi connectivity index (χ4v) is 3.50. The second-order valence-electron chi connectivity index (χ2n) is 6.81. The number of aliphatic carboxylic acids is 1. The summed E-state index contributed by atoms with van der Waals surface area (Å²) in [4.78, 5) is 27.1. The standard InChI is InChI=1S/C23H15FN4O4/c24-14-8-6-13(7-9-14)21-16(10-25)19-17(28(21)15-4-2-1-3-5-15)11-26-20(22(19)31)23(32)27-12-18(29)30/h1-9,11,31H,12H2,(H,27,32)(H,29,30). The molecule has 0 saturated carbocycles. The number of pyridine rings is 1. The zero-order valence-electron chi connectivity index (χ0n) is 16.4. The Hall–Kier alpha value is -4.71. The first-order valence-corrected chi connectivity index (χ1v) is 9.40. The van der Waals surface area contributed by atoms with Gasteiger partial charge in [0.1, 0.15) is 18.4 Å². The molecule has 0 unspecified atom stereocenters. The van der Waals surface area contributed by atoms with Crippen LogP contribution < -0.4 is 5.32 Å². The Bertz CT molecular complexity index is 1390. The number of amides is 1. The normalized spacial score (nSPS) is 10.6. The molecule has 0 saturated heterocycles. The summed E-state index contributed by atoms with van der Waals surface area (Å²) >= 11 is 0. The lowest BCUT2D eigenvalue weighted by molar-refractivity contribution is -0.135. The van der Waals surface area contributed by atoms with E-state index in [0.29, 0.717) is 22.5 Å². The number of carboxylic acids is 1. The molecule has 8 nitrogen and oxygen atoms in total. The molecule has 1 amide bonds. The summed E-state index contributed by atoms with van der Waals surface area (Å²) in [6.07, 6.45) is 1.32. The van der Waals surface area contributed by atoms with Crippen molar-refractivity contribution in [3.05, 3.63) is 77.9 Å². The minimum atomic E-state index is -1.26. The molecule has 0 aliphatic rings. The minimum Gasteiger partial charge on any atom is -0.505 e. The van der Waals surface area contributed by atoms with E-state index in [-0.39, 0.29) is 10.9 Å². The number of fused-ring (bicyclic) bond motifs is 1. The van der Waals surface area contributed by atoms with E-state index >= 15 is 0 Å². The fraction of sp³-hybridized carbons (Fsp3) is 0.0435. The van der Waals surface area contributed by atoms with Crippen molar-refractivity contribution in [2.24, 2.45) is 0 Å². The molecule has 0 spiro atoms. The Morgan fingerprint density at radius 3 is 2.44 bits per heavy atom. The number of hydrogen-bond acceptors (Lipinski definition) is 5. The van der Waals surface area contributed by atoms with E-state index in [2.05, 4.69) is 16.4 Å². The number of aromatic nitrogens is 2. The van der Waals surface area contributed by atoms with Crippen LogP contribution in [0.1, 0.15) is 16.1 Å². The summed E-state index contributed by atoms with van der Waals surface area (Å²) in [6.45, 7) is -0.658. The first-order valence-electron chi connectivity index (χ1n) is 9.40. The van der Waals surface area contributed by atoms with Crippen molar-refractivity contribution in [2.45, 2.75) is 0 Å². The van der Waals surface area contributed by atoms with Crippen LogP contribution in [0.15, 0.2) is 60.8 Å². The number of carbonyl (C=O) groups excluding carboxylic acids is 1. The molecule has 0 fully saturated rings. The first-order chi connectivity index (χ1) is 15.4. The lowest BCUT2D eigenvalue weighted by Crippen LogP contribution is -2.29. The zero-order valence-corrected chi connectivity index (χ0v) is 16.4. The molecular weight excluding hydrogens is 415 g/mol. The molecule has 0 aliphatic heterocycles. The van der Waals surface area contributed by atoms with Crippen molar-refractivity contribution in [1.82, 2.24) is 14.9 Å². The van der Waals surface area contributed by atoms with E-state index in [0.717, 1.165) is 0 Å². The second-order valence-corrected chi connectivity index (χ2v) is 6.81. The van der Waals surface area contributed by atoms with Gasteiger partial charge >= 0.3 is 5.97 Å². The minimum absolute atomic E-state index is 0.0580. The van der Waals surface area contributed by atoms with E-state index in [1.165, 1.54) is 30.5 Å². The molecular formula is C23H15FN4O4. The van der Waals surface area contributed by atoms with Crippen molar-refractivity contribution >= 4 is 22.8 Å². The summed E-state index contributed by atoms with van der Waals surface area (Å²) in [5, 5.41) is 31.8. The predicted octanol–water partition coefficient (Wildman–Crippen LogP) is 3.22. The Labute approximate surface area is 180 Å². The summed E-state index contributed by atoms with van der Waals surface area (Å²) < 4.78 is 15.2. The van der Waals surface area contributed by atoms with Gasteiger partial charge in [-0.25, -0.2) is 9.37 Å². The van der Waals surface area contributed by atoms with Crippen LogP contribution in [0.4, 0.5) is 4.39 Å². The third kappa shape index (κ3) is 3.50. The molecule has 32 heavy (non-hydrogen) atoms. The van der Waals surface area contributed by atoms with Crippen LogP contribution >= 0.6 is 0 Å². The highest BCUT2D eigenvalue weighted by Gasteiger charge is 2.26. The molecule has 0 atom stereocenters. The van der Waals surface area contributed by atoms with Crippen molar-refractivity contribution in [1.29, 1.82) is 5.26 Å². The highest BCUT2D eigenvalue weighted by molar-refractivity contribution is 6.06. The molecule has 3 N–H and O–H groups in total. The van der Waals surface area contributed by atoms with Gasteiger partial charge in [0.05, 0.1) is 28.4 Å². The number of para-hydroxylation sites is 1. The number of benzene rings is 2. The third-order valence-corrected chi connectivity index (χ3v) is 4.84. The van der Waals surface area contributed by atoms with Crippen LogP contribution in [-0.4, -0.2) is 38.2 Å². The average Bonchev–Trinajstić information content (AvgIpc) is 3.14. The number of nitrogens with one attached hydrogen (secondary N) is 1. The molecule has 9 heteroatoms. The van der Waals surface area contributed by atoms with E-state index in [1.54, 1.807) is 28.8 Å². The van der Waals surface area contributed by atoms with Gasteiger partial charge in [0.2, 0.25) is 0 Å².